The number of likely N-dealkylation sites (N-methyl/N-ethyl adjacent to an activating group) is 1. The van der Waals surface area contributed by atoms with E-state index in [1.807, 2.05) is 7.05 Å². The number of hydrogen-bond acceptors (Lipinski definition) is 5. The van der Waals surface area contributed by atoms with Crippen LogP contribution in [0.4, 0.5) is 0 Å². The molecule has 2 heterocycles. The molecule has 0 aromatic carbocycles. The van der Waals surface area contributed by atoms with E-state index in [0.717, 1.165) is 6.54 Å². The molecule has 9 heteroatoms. The van der Waals surface area contributed by atoms with Crippen molar-refractivity contribution in [2.75, 3.05) is 13.6 Å². The van der Waals surface area contributed by atoms with Gasteiger partial charge in [0.15, 0.2) is 0 Å². The lowest BCUT2D eigenvalue weighted by Gasteiger charge is -2.07. The van der Waals surface area contributed by atoms with Crippen LogP contribution in [0, 0.1) is 13.8 Å². The number of nitrogens with one attached hydrogen (secondary N) is 3. The Kier molecular flexibility index (Phi) is 4.76. The number of aromatic amines is 1. The molecule has 3 N–H and O–H groups in total. The second-order valence-electron chi connectivity index (χ2n) is 4.69. The molecule has 0 amide bonds. The van der Waals surface area contributed by atoms with Crippen molar-refractivity contribution in [3.05, 3.63) is 29.6 Å². The maximum absolute atomic E-state index is 12.4. The normalized spacial score (nSPS) is 12.0. The van der Waals surface area contributed by atoms with Gasteiger partial charge in [-0.05, 0) is 20.9 Å². The smallest absolute Gasteiger partial charge is 0.244 e. The molecule has 116 valence electrons. The summed E-state index contributed by atoms with van der Waals surface area (Å²) >= 11 is 0. The first kappa shape index (κ1) is 15.7. The van der Waals surface area contributed by atoms with Crippen molar-refractivity contribution < 1.29 is 8.42 Å². The molecule has 0 bridgehead atoms. The summed E-state index contributed by atoms with van der Waals surface area (Å²) in [5.41, 5.74) is 1.13. The minimum atomic E-state index is -3.62. The fraction of sp³-hybridized carbons (Fsp3) is 0.500. The molecule has 21 heavy (non-hydrogen) atoms. The van der Waals surface area contributed by atoms with Crippen LogP contribution in [0.3, 0.4) is 0 Å². The zero-order valence-electron chi connectivity index (χ0n) is 12.3. The highest BCUT2D eigenvalue weighted by Gasteiger charge is 2.24. The maximum atomic E-state index is 12.4. The third kappa shape index (κ3) is 3.49. The molecule has 0 atom stereocenters. The third-order valence-electron chi connectivity index (χ3n) is 3.14. The molecule has 2 aromatic rings. The van der Waals surface area contributed by atoms with Crippen molar-refractivity contribution in [1.29, 1.82) is 0 Å². The van der Waals surface area contributed by atoms with Crippen molar-refractivity contribution in [2.45, 2.75) is 31.8 Å². The van der Waals surface area contributed by atoms with E-state index in [0.29, 0.717) is 23.8 Å². The average molecular weight is 312 g/mol. The van der Waals surface area contributed by atoms with Gasteiger partial charge in [0.2, 0.25) is 10.0 Å². The van der Waals surface area contributed by atoms with Crippen LogP contribution in [0.2, 0.25) is 0 Å². The number of aryl methyl sites for hydroxylation is 1. The number of hydrogen-bond donors (Lipinski definition) is 3. The van der Waals surface area contributed by atoms with E-state index in [1.54, 1.807) is 30.9 Å². The van der Waals surface area contributed by atoms with Crippen LogP contribution in [0.25, 0.3) is 0 Å². The van der Waals surface area contributed by atoms with Gasteiger partial charge in [-0.2, -0.15) is 5.10 Å². The third-order valence-corrected chi connectivity index (χ3v) is 4.79. The quantitative estimate of drug-likeness (QED) is 0.663. The van der Waals surface area contributed by atoms with Crippen molar-refractivity contribution in [1.82, 2.24) is 29.8 Å². The van der Waals surface area contributed by atoms with Crippen molar-refractivity contribution in [3.8, 4) is 0 Å². The second kappa shape index (κ2) is 6.37. The van der Waals surface area contributed by atoms with Crippen LogP contribution >= 0.6 is 0 Å². The fourth-order valence-electron chi connectivity index (χ4n) is 2.13. The highest BCUT2D eigenvalue weighted by Crippen LogP contribution is 2.19. The summed E-state index contributed by atoms with van der Waals surface area (Å²) in [4.78, 5) is 7.09. The van der Waals surface area contributed by atoms with Crippen LogP contribution in [0.5, 0.6) is 0 Å². The van der Waals surface area contributed by atoms with Crippen LogP contribution in [0.15, 0.2) is 17.3 Å². The summed E-state index contributed by atoms with van der Waals surface area (Å²) in [5.74, 6) is 0.566. The average Bonchev–Trinajstić information content (AvgIpc) is 3.03. The molecule has 0 unspecified atom stereocenters. The van der Waals surface area contributed by atoms with Crippen molar-refractivity contribution in [2.24, 2.45) is 0 Å². The van der Waals surface area contributed by atoms with Gasteiger partial charge in [0.05, 0.1) is 24.5 Å². The Labute approximate surface area is 124 Å². The van der Waals surface area contributed by atoms with Gasteiger partial charge in [-0.15, -0.1) is 0 Å². The van der Waals surface area contributed by atoms with Gasteiger partial charge in [-0.3, -0.25) is 4.68 Å². The van der Waals surface area contributed by atoms with E-state index >= 15 is 0 Å². The summed E-state index contributed by atoms with van der Waals surface area (Å²) in [5, 5.41) is 7.31. The molecule has 0 aliphatic carbocycles. The van der Waals surface area contributed by atoms with E-state index in [1.165, 1.54) is 0 Å². The number of H-pyrrole nitrogens is 1. The molecular weight excluding hydrogens is 292 g/mol. The van der Waals surface area contributed by atoms with Crippen LogP contribution in [-0.2, 0) is 23.1 Å². The van der Waals surface area contributed by atoms with E-state index in [2.05, 4.69) is 25.1 Å². The lowest BCUT2D eigenvalue weighted by atomic mass is 10.4. The van der Waals surface area contributed by atoms with Crippen molar-refractivity contribution in [3.63, 3.8) is 0 Å². The molecular formula is C12H20N6O2S. The number of nitrogens with zero attached hydrogens (tertiary/aromatic N) is 3. The topological polar surface area (TPSA) is 105 Å². The maximum Gasteiger partial charge on any atom is 0.244 e. The first-order valence-corrected chi connectivity index (χ1v) is 8.10. The molecule has 2 rings (SSSR count). The highest BCUT2D eigenvalue weighted by atomic mass is 32.2. The van der Waals surface area contributed by atoms with Gasteiger partial charge in [-0.1, -0.05) is 0 Å². The van der Waals surface area contributed by atoms with Gasteiger partial charge in [0.1, 0.15) is 10.7 Å². The van der Waals surface area contributed by atoms with Crippen molar-refractivity contribution >= 4 is 10.0 Å². The second-order valence-corrected chi connectivity index (χ2v) is 6.39. The van der Waals surface area contributed by atoms with Gasteiger partial charge >= 0.3 is 0 Å². The number of imidazole rings is 1. The Bertz CT molecular complexity index is 690. The standard InChI is InChI=1S/C12H20N6O2S/c1-9-12(10(2)18(17-9)7-6-13-3)21(19,20)16-8-11-14-4-5-15-11/h4-5,13,16H,6-8H2,1-3H3,(H,14,15). The molecule has 0 radical (unpaired) electrons. The Balaban J connectivity index is 2.21. The van der Waals surface area contributed by atoms with Gasteiger partial charge in [-0.25, -0.2) is 18.1 Å². The fourth-order valence-corrected chi connectivity index (χ4v) is 3.53. The first-order chi connectivity index (χ1) is 9.95. The molecule has 2 aromatic heterocycles. The van der Waals surface area contributed by atoms with Crippen LogP contribution in [-0.4, -0.2) is 41.8 Å². The Morgan fingerprint density at radius 2 is 2.14 bits per heavy atom. The summed E-state index contributed by atoms with van der Waals surface area (Å²) in [7, 11) is -1.77. The largest absolute Gasteiger partial charge is 0.347 e. The van der Waals surface area contributed by atoms with E-state index in [9.17, 15) is 8.42 Å². The Hall–Kier alpha value is -1.71. The summed E-state index contributed by atoms with van der Waals surface area (Å²) in [6, 6.07) is 0. The van der Waals surface area contributed by atoms with E-state index in [-0.39, 0.29) is 11.4 Å². The molecule has 0 spiro atoms. The number of aromatic nitrogens is 4. The molecule has 0 aliphatic rings. The Morgan fingerprint density at radius 1 is 1.38 bits per heavy atom. The lowest BCUT2D eigenvalue weighted by molar-refractivity contribution is 0.563. The highest BCUT2D eigenvalue weighted by molar-refractivity contribution is 7.89. The van der Waals surface area contributed by atoms with E-state index in [4.69, 9.17) is 0 Å². The summed E-state index contributed by atoms with van der Waals surface area (Å²) in [6.45, 7) is 4.93. The van der Waals surface area contributed by atoms with E-state index < -0.39 is 10.0 Å². The molecule has 8 nitrogen and oxygen atoms in total. The predicted octanol–water partition coefficient (Wildman–Crippen LogP) is -0.0791. The van der Waals surface area contributed by atoms with Gasteiger partial charge in [0, 0.05) is 18.9 Å². The van der Waals surface area contributed by atoms with Gasteiger partial charge in [0.25, 0.3) is 0 Å². The monoisotopic (exact) mass is 312 g/mol. The lowest BCUT2D eigenvalue weighted by Crippen LogP contribution is -2.25. The zero-order chi connectivity index (χ0) is 15.5. The predicted molar refractivity (Wildman–Crippen MR) is 78.2 cm³/mol. The summed E-state index contributed by atoms with van der Waals surface area (Å²) < 4.78 is 29.1. The molecule has 0 fully saturated rings. The zero-order valence-corrected chi connectivity index (χ0v) is 13.2. The number of sulfonamides is 1. The first-order valence-electron chi connectivity index (χ1n) is 6.62. The Morgan fingerprint density at radius 3 is 2.76 bits per heavy atom. The van der Waals surface area contributed by atoms with Crippen LogP contribution < -0.4 is 10.0 Å². The number of rotatable bonds is 7. The minimum absolute atomic E-state index is 0.121. The summed E-state index contributed by atoms with van der Waals surface area (Å²) in [6.07, 6.45) is 3.23. The minimum Gasteiger partial charge on any atom is -0.347 e. The molecule has 0 saturated carbocycles. The SMILES string of the molecule is CNCCn1nc(C)c(S(=O)(=O)NCc2ncc[nH]2)c1C. The molecule has 0 saturated heterocycles. The van der Waals surface area contributed by atoms with Gasteiger partial charge < -0.3 is 10.3 Å². The molecule has 0 aliphatic heterocycles. The van der Waals surface area contributed by atoms with Crippen LogP contribution in [0.1, 0.15) is 17.2 Å².